The zero-order chi connectivity index (χ0) is 18.4. The van der Waals surface area contributed by atoms with Crippen molar-refractivity contribution in [3.8, 4) is 5.75 Å². The second-order valence-corrected chi connectivity index (χ2v) is 7.59. The Morgan fingerprint density at radius 2 is 2.24 bits per heavy atom. The molecule has 2 aromatic rings. The maximum absolute atomic E-state index is 11.7. The summed E-state index contributed by atoms with van der Waals surface area (Å²) in [6.45, 7) is 0.772. The summed E-state index contributed by atoms with van der Waals surface area (Å²) in [6.07, 6.45) is 0.147. The van der Waals surface area contributed by atoms with E-state index in [4.69, 9.17) is 26.8 Å². The number of rotatable bonds is 4. The van der Waals surface area contributed by atoms with E-state index in [1.54, 1.807) is 25.3 Å². The van der Waals surface area contributed by atoms with E-state index in [2.05, 4.69) is 15.9 Å². The molecule has 0 spiro atoms. The van der Waals surface area contributed by atoms with Gasteiger partial charge in [-0.05, 0) is 30.3 Å². The van der Waals surface area contributed by atoms with Crippen LogP contribution in [0.4, 0.5) is 10.5 Å². The number of nitrogens with zero attached hydrogens (tertiary/aromatic N) is 1. The Bertz CT molecular complexity index is 755. The third kappa shape index (κ3) is 5.18. The van der Waals surface area contributed by atoms with Gasteiger partial charge in [0.1, 0.15) is 11.9 Å². The second kappa shape index (κ2) is 9.19. The van der Waals surface area contributed by atoms with Crippen molar-refractivity contribution in [3.63, 3.8) is 0 Å². The summed E-state index contributed by atoms with van der Waals surface area (Å²) in [7, 11) is 1.56. The van der Waals surface area contributed by atoms with Crippen LogP contribution in [0.25, 0.3) is 0 Å². The summed E-state index contributed by atoms with van der Waals surface area (Å²) in [6, 6.07) is 8.86. The molecule has 0 saturated carbocycles. The largest absolute Gasteiger partial charge is 0.495 e. The second-order valence-electron chi connectivity index (χ2n) is 4.93. The molecular weight excluding hydrogens is 432 g/mol. The van der Waals surface area contributed by atoms with Gasteiger partial charge in [0.2, 0.25) is 0 Å². The fraction of sp³-hybridized carbons (Fsp3) is 0.250. The predicted octanol–water partition coefficient (Wildman–Crippen LogP) is 3.96. The number of hydrogen-bond acceptors (Lipinski definition) is 6. The smallest absolute Gasteiger partial charge is 0.414 e. The first-order chi connectivity index (χ1) is 12.0. The highest BCUT2D eigenvalue weighted by Gasteiger charge is 2.32. The van der Waals surface area contributed by atoms with Crippen LogP contribution in [-0.4, -0.2) is 38.7 Å². The standard InChI is InChI=1S/C11H13BrN2O3.C5H3ClOS/c1-16-10-4-7(12)2-3-9(10)14-6-8(5-13)17-11(14)15;6-5-2-1-4(3-7)8-5/h2-4,8H,5-6,13H2,1H3;1-3H. The first-order valence-corrected chi connectivity index (χ1v) is 9.19. The molecule has 1 amide bonds. The number of carbonyl (C=O) groups excluding carboxylic acids is 2. The van der Waals surface area contributed by atoms with E-state index in [0.717, 1.165) is 10.8 Å². The zero-order valence-corrected chi connectivity index (χ0v) is 16.4. The molecule has 134 valence electrons. The lowest BCUT2D eigenvalue weighted by molar-refractivity contribution is 0.112. The molecule has 9 heteroatoms. The van der Waals surface area contributed by atoms with E-state index in [1.165, 1.54) is 16.2 Å². The number of halogens is 2. The number of cyclic esters (lactones) is 1. The molecule has 1 aromatic carbocycles. The van der Waals surface area contributed by atoms with Crippen LogP contribution in [-0.2, 0) is 4.74 Å². The molecule has 0 aliphatic carbocycles. The van der Waals surface area contributed by atoms with Crippen LogP contribution in [0.5, 0.6) is 5.75 Å². The van der Waals surface area contributed by atoms with E-state index in [9.17, 15) is 9.59 Å². The molecule has 0 radical (unpaired) electrons. The number of amides is 1. The molecule has 25 heavy (non-hydrogen) atoms. The monoisotopic (exact) mass is 446 g/mol. The summed E-state index contributed by atoms with van der Waals surface area (Å²) >= 11 is 10.1. The third-order valence-corrected chi connectivity index (χ3v) is 4.93. The summed E-state index contributed by atoms with van der Waals surface area (Å²) in [5.41, 5.74) is 6.18. The lowest BCUT2D eigenvalue weighted by atomic mass is 10.2. The summed E-state index contributed by atoms with van der Waals surface area (Å²) in [5, 5.41) is 0. The van der Waals surface area contributed by atoms with E-state index in [1.807, 2.05) is 12.1 Å². The molecular formula is C16H16BrClN2O4S. The zero-order valence-electron chi connectivity index (χ0n) is 13.3. The number of methoxy groups -OCH3 is 1. The normalized spacial score (nSPS) is 16.1. The van der Waals surface area contributed by atoms with E-state index >= 15 is 0 Å². The fourth-order valence-corrected chi connectivity index (χ4v) is 3.32. The van der Waals surface area contributed by atoms with Crippen LogP contribution in [0.2, 0.25) is 4.34 Å². The van der Waals surface area contributed by atoms with Gasteiger partial charge in [-0.25, -0.2) is 4.79 Å². The molecule has 1 aliphatic rings. The molecule has 3 rings (SSSR count). The molecule has 2 N–H and O–H groups in total. The SMILES string of the molecule is COc1cc(Br)ccc1N1CC(CN)OC1=O.O=Cc1ccc(Cl)s1. The maximum atomic E-state index is 11.7. The molecule has 1 saturated heterocycles. The van der Waals surface area contributed by atoms with Gasteiger partial charge in [0.15, 0.2) is 6.29 Å². The molecule has 1 fully saturated rings. The first kappa shape index (κ1) is 19.7. The number of hydrogen-bond donors (Lipinski definition) is 1. The number of thiophene rings is 1. The van der Waals surface area contributed by atoms with Gasteiger partial charge in [-0.1, -0.05) is 27.5 Å². The van der Waals surface area contributed by atoms with Gasteiger partial charge in [0.25, 0.3) is 0 Å². The predicted molar refractivity (Wildman–Crippen MR) is 102 cm³/mol. The Morgan fingerprint density at radius 1 is 1.48 bits per heavy atom. The van der Waals surface area contributed by atoms with Gasteiger partial charge in [-0.3, -0.25) is 9.69 Å². The van der Waals surface area contributed by atoms with Crippen molar-refractivity contribution >= 4 is 56.9 Å². The van der Waals surface area contributed by atoms with Crippen LogP contribution in [0.15, 0.2) is 34.8 Å². The van der Waals surface area contributed by atoms with Crippen molar-refractivity contribution < 1.29 is 19.1 Å². The van der Waals surface area contributed by atoms with Crippen molar-refractivity contribution in [1.82, 2.24) is 0 Å². The fourth-order valence-electron chi connectivity index (χ4n) is 2.11. The van der Waals surface area contributed by atoms with Gasteiger partial charge >= 0.3 is 6.09 Å². The number of nitrogens with two attached hydrogens (primary N) is 1. The maximum Gasteiger partial charge on any atom is 0.414 e. The van der Waals surface area contributed by atoms with Crippen LogP contribution in [0, 0.1) is 0 Å². The van der Waals surface area contributed by atoms with Crippen LogP contribution in [0.3, 0.4) is 0 Å². The average molecular weight is 448 g/mol. The number of anilines is 1. The number of ether oxygens (including phenoxy) is 2. The summed E-state index contributed by atoms with van der Waals surface area (Å²) < 4.78 is 11.9. The van der Waals surface area contributed by atoms with E-state index in [0.29, 0.717) is 33.7 Å². The van der Waals surface area contributed by atoms with Crippen LogP contribution in [0.1, 0.15) is 9.67 Å². The molecule has 0 bridgehead atoms. The van der Waals surface area contributed by atoms with Gasteiger partial charge in [0.05, 0.1) is 28.6 Å². The minimum Gasteiger partial charge on any atom is -0.495 e. The van der Waals surface area contributed by atoms with Crippen LogP contribution >= 0.6 is 38.9 Å². The van der Waals surface area contributed by atoms with Gasteiger partial charge in [-0.15, -0.1) is 11.3 Å². The summed E-state index contributed by atoms with van der Waals surface area (Å²) in [4.78, 5) is 23.9. The van der Waals surface area contributed by atoms with Crippen LogP contribution < -0.4 is 15.4 Å². The topological polar surface area (TPSA) is 81.9 Å². The number of aldehydes is 1. The first-order valence-electron chi connectivity index (χ1n) is 7.20. The van der Waals surface area contributed by atoms with Crippen molar-refractivity contribution in [2.45, 2.75) is 6.10 Å². The minimum atomic E-state index is -0.388. The minimum absolute atomic E-state index is 0.254. The molecule has 1 atom stereocenters. The van der Waals surface area contributed by atoms with Gasteiger partial charge in [-0.2, -0.15) is 0 Å². The van der Waals surface area contributed by atoms with Crippen molar-refractivity contribution in [1.29, 1.82) is 0 Å². The highest BCUT2D eigenvalue weighted by molar-refractivity contribution is 9.10. The number of carbonyl (C=O) groups is 2. The molecule has 1 aromatic heterocycles. The highest BCUT2D eigenvalue weighted by atomic mass is 79.9. The Kier molecular flexibility index (Phi) is 7.24. The quantitative estimate of drug-likeness (QED) is 0.718. The lowest BCUT2D eigenvalue weighted by Crippen LogP contribution is -2.27. The third-order valence-electron chi connectivity index (χ3n) is 3.28. The number of benzene rings is 1. The average Bonchev–Trinajstić information content (AvgIpc) is 3.20. The highest BCUT2D eigenvalue weighted by Crippen LogP contribution is 2.33. The van der Waals surface area contributed by atoms with Gasteiger partial charge in [0, 0.05) is 11.0 Å². The Balaban J connectivity index is 0.000000236. The van der Waals surface area contributed by atoms with Gasteiger partial charge < -0.3 is 15.2 Å². The van der Waals surface area contributed by atoms with Crippen molar-refractivity contribution in [3.05, 3.63) is 44.0 Å². The summed E-state index contributed by atoms with van der Waals surface area (Å²) in [5.74, 6) is 0.619. The van der Waals surface area contributed by atoms with E-state index < -0.39 is 0 Å². The van der Waals surface area contributed by atoms with Crippen molar-refractivity contribution in [2.24, 2.45) is 5.73 Å². The molecule has 1 unspecified atom stereocenters. The Labute approximate surface area is 162 Å². The Hall–Kier alpha value is -1.61. The Morgan fingerprint density at radius 3 is 2.72 bits per heavy atom. The molecule has 1 aliphatic heterocycles. The molecule has 6 nitrogen and oxygen atoms in total. The van der Waals surface area contributed by atoms with E-state index in [-0.39, 0.29) is 12.2 Å². The lowest BCUT2D eigenvalue weighted by Gasteiger charge is -2.16. The molecule has 2 heterocycles. The van der Waals surface area contributed by atoms with Crippen molar-refractivity contribution in [2.75, 3.05) is 25.1 Å².